The second-order valence-corrected chi connectivity index (χ2v) is 11.4. The van der Waals surface area contributed by atoms with Crippen LogP contribution in [0.2, 0.25) is 0 Å². The van der Waals surface area contributed by atoms with Crippen LogP contribution in [0.15, 0.2) is 24.3 Å². The number of hydrogen-bond acceptors (Lipinski definition) is 4. The van der Waals surface area contributed by atoms with Crippen LogP contribution in [0.5, 0.6) is 11.5 Å². The first-order valence-corrected chi connectivity index (χ1v) is 11.7. The maximum atomic E-state index is 10.8. The summed E-state index contributed by atoms with van der Waals surface area (Å²) in [5, 5.41) is 40.7. The first-order valence-electron chi connectivity index (χ1n) is 11.7. The third-order valence-corrected chi connectivity index (χ3v) is 4.66. The Bertz CT molecular complexity index is 809. The van der Waals surface area contributed by atoms with Crippen LogP contribution in [0, 0.1) is 13.8 Å². The zero-order chi connectivity index (χ0) is 26.3. The number of aryl methyl sites for hydroxylation is 2. The molecule has 0 aliphatic heterocycles. The van der Waals surface area contributed by atoms with E-state index < -0.39 is 12.2 Å². The molecule has 5 heteroatoms. The first kappa shape index (κ1) is 34.8. The van der Waals surface area contributed by atoms with Gasteiger partial charge in [-0.25, -0.2) is 0 Å². The van der Waals surface area contributed by atoms with Crippen molar-refractivity contribution < 1.29 is 42.1 Å². The van der Waals surface area contributed by atoms with Gasteiger partial charge < -0.3 is 20.4 Å². The Morgan fingerprint density at radius 1 is 0.647 bits per heavy atom. The third kappa shape index (κ3) is 12.4. The molecule has 0 aliphatic carbocycles. The van der Waals surface area contributed by atoms with E-state index in [-0.39, 0.29) is 32.5 Å². The van der Waals surface area contributed by atoms with Gasteiger partial charge in [0.15, 0.2) is 0 Å². The average Bonchev–Trinajstić information content (AvgIpc) is 2.57. The Balaban J connectivity index is 0. The fraction of sp³-hybridized carbons (Fsp3) is 0.586. The number of phenolic OH excluding ortho intramolecular Hbond substituents is 2. The molecule has 0 aromatic heterocycles. The van der Waals surface area contributed by atoms with Crippen molar-refractivity contribution in [2.45, 2.75) is 113 Å². The van der Waals surface area contributed by atoms with Crippen LogP contribution in [0.25, 0.3) is 0 Å². The summed E-state index contributed by atoms with van der Waals surface area (Å²) < 4.78 is 0. The normalized spacial score (nSPS) is 11.3. The van der Waals surface area contributed by atoms with Gasteiger partial charge >= 0.3 is 21.7 Å². The predicted molar refractivity (Wildman–Crippen MR) is 136 cm³/mol. The molecule has 2 aromatic carbocycles. The molecule has 0 unspecified atom stereocenters. The van der Waals surface area contributed by atoms with Crippen LogP contribution in [-0.2, 0) is 39.0 Å². The Kier molecular flexibility index (Phi) is 14.6. The minimum atomic E-state index is -0.417. The van der Waals surface area contributed by atoms with E-state index in [0.29, 0.717) is 17.9 Å². The number of hydrogen-bond donors (Lipinski definition) is 2. The second-order valence-electron chi connectivity index (χ2n) is 11.4. The third-order valence-electron chi connectivity index (χ3n) is 4.66. The molecule has 2 N–H and O–H groups in total. The SMILES string of the molecule is CC(C)[O-].CC(C)[O-].Cc1cc(Cc2cc(C)cc(C(C)(C)C)c2O)c(O)c(C(C)(C)C)c1.[Ti+2]. The standard InChI is InChI=1S/C23H32O2.2C3H7O.Ti/c1-14-9-16(20(24)18(11-14)22(3,4)5)13-17-10-15(2)12-19(21(17)25)23(6,7)8;2*1-3(2)4;/h9-12,24-25H,13H2,1-8H3;2*3H,1-2H3;/q;2*-1;+2. The van der Waals surface area contributed by atoms with Crippen LogP contribution in [0.4, 0.5) is 0 Å². The summed E-state index contributed by atoms with van der Waals surface area (Å²) in [7, 11) is 0. The summed E-state index contributed by atoms with van der Waals surface area (Å²) in [5.74, 6) is 0.688. The zero-order valence-corrected chi connectivity index (χ0v) is 24.9. The second kappa shape index (κ2) is 14.3. The van der Waals surface area contributed by atoms with E-state index >= 15 is 0 Å². The summed E-state index contributed by atoms with van der Waals surface area (Å²) in [5.41, 5.74) is 5.63. The van der Waals surface area contributed by atoms with Crippen LogP contribution in [0.3, 0.4) is 0 Å². The van der Waals surface area contributed by atoms with Gasteiger partial charge in [0.25, 0.3) is 0 Å². The Labute approximate surface area is 223 Å². The maximum absolute atomic E-state index is 10.8. The molecule has 0 fully saturated rings. The first-order chi connectivity index (χ1) is 14.8. The maximum Gasteiger partial charge on any atom is 2.00 e. The Morgan fingerprint density at radius 3 is 1.09 bits per heavy atom. The molecule has 2 rings (SSSR count). The van der Waals surface area contributed by atoms with Crippen molar-refractivity contribution in [1.82, 2.24) is 0 Å². The fourth-order valence-electron chi connectivity index (χ4n) is 3.33. The summed E-state index contributed by atoms with van der Waals surface area (Å²) >= 11 is 0. The molecule has 0 radical (unpaired) electrons. The number of phenols is 2. The topological polar surface area (TPSA) is 86.6 Å². The van der Waals surface area contributed by atoms with Crippen molar-refractivity contribution >= 4 is 0 Å². The largest absolute Gasteiger partial charge is 2.00 e. The molecule has 0 heterocycles. The van der Waals surface area contributed by atoms with Gasteiger partial charge in [0.1, 0.15) is 11.5 Å². The van der Waals surface area contributed by atoms with Gasteiger partial charge in [-0.1, -0.05) is 105 Å². The molecule has 190 valence electrons. The van der Waals surface area contributed by atoms with Gasteiger partial charge in [-0.3, -0.25) is 0 Å². The Morgan fingerprint density at radius 2 is 0.882 bits per heavy atom. The molecule has 0 saturated carbocycles. The van der Waals surface area contributed by atoms with Crippen molar-refractivity contribution in [3.05, 3.63) is 57.6 Å². The number of rotatable bonds is 2. The van der Waals surface area contributed by atoms with Gasteiger partial charge in [-0.2, -0.15) is 0 Å². The molecule has 0 spiro atoms. The molecule has 2 aromatic rings. The van der Waals surface area contributed by atoms with Gasteiger partial charge in [0, 0.05) is 6.42 Å². The Hall–Kier alpha value is -1.33. The molecular weight excluding hydrogens is 460 g/mol. The average molecular weight is 507 g/mol. The molecule has 4 nitrogen and oxygen atoms in total. The van der Waals surface area contributed by atoms with Crippen molar-refractivity contribution in [3.63, 3.8) is 0 Å². The zero-order valence-electron chi connectivity index (χ0n) is 23.4. The number of aromatic hydroxyl groups is 2. The molecule has 0 aliphatic rings. The van der Waals surface area contributed by atoms with E-state index in [1.165, 1.54) is 0 Å². The van der Waals surface area contributed by atoms with Gasteiger partial charge in [-0.15, -0.1) is 12.2 Å². The van der Waals surface area contributed by atoms with E-state index in [2.05, 4.69) is 67.5 Å². The molecule has 0 saturated heterocycles. The van der Waals surface area contributed by atoms with Crippen molar-refractivity contribution in [2.75, 3.05) is 0 Å². The summed E-state index contributed by atoms with van der Waals surface area (Å²) in [6.45, 7) is 23.2. The quantitative estimate of drug-likeness (QED) is 0.534. The van der Waals surface area contributed by atoms with Crippen molar-refractivity contribution in [1.29, 1.82) is 0 Å². The van der Waals surface area contributed by atoms with E-state index in [9.17, 15) is 20.4 Å². The summed E-state index contributed by atoms with van der Waals surface area (Å²) in [6, 6.07) is 8.14. The van der Waals surface area contributed by atoms with Crippen LogP contribution in [-0.4, -0.2) is 22.4 Å². The van der Waals surface area contributed by atoms with Crippen molar-refractivity contribution in [2.24, 2.45) is 0 Å². The van der Waals surface area contributed by atoms with Gasteiger partial charge in [-0.05, 0) is 46.9 Å². The van der Waals surface area contributed by atoms with Gasteiger partial charge in [0.05, 0.1) is 0 Å². The minimum Gasteiger partial charge on any atom is -0.852 e. The van der Waals surface area contributed by atoms with Crippen LogP contribution >= 0.6 is 0 Å². The fourth-order valence-corrected chi connectivity index (χ4v) is 3.33. The van der Waals surface area contributed by atoms with Crippen molar-refractivity contribution in [3.8, 4) is 11.5 Å². The monoisotopic (exact) mass is 506 g/mol. The van der Waals surface area contributed by atoms with Crippen LogP contribution < -0.4 is 10.2 Å². The van der Waals surface area contributed by atoms with Gasteiger partial charge in [0.2, 0.25) is 0 Å². The molecule has 0 amide bonds. The van der Waals surface area contributed by atoms with E-state index in [4.69, 9.17) is 0 Å². The molecule has 0 bridgehead atoms. The predicted octanol–water partition coefficient (Wildman–Crippen LogP) is 5.41. The molecule has 34 heavy (non-hydrogen) atoms. The molecular formula is C29H46O4Ti. The minimum absolute atomic E-state index is 0. The van der Waals surface area contributed by atoms with E-state index in [0.717, 1.165) is 33.4 Å². The van der Waals surface area contributed by atoms with Crippen LogP contribution in [0.1, 0.15) is 103 Å². The number of benzene rings is 2. The van der Waals surface area contributed by atoms with E-state index in [1.807, 2.05) is 12.1 Å². The smallest absolute Gasteiger partial charge is 0.852 e. The van der Waals surface area contributed by atoms with E-state index in [1.54, 1.807) is 27.7 Å². The summed E-state index contributed by atoms with van der Waals surface area (Å²) in [6.07, 6.45) is -0.312. The molecule has 0 atom stereocenters. The summed E-state index contributed by atoms with van der Waals surface area (Å²) in [4.78, 5) is 0.